The summed E-state index contributed by atoms with van der Waals surface area (Å²) < 4.78 is 28.3. The minimum absolute atomic E-state index is 0.0823. The number of benzene rings is 2. The third-order valence-corrected chi connectivity index (χ3v) is 9.72. The summed E-state index contributed by atoms with van der Waals surface area (Å²) in [5, 5.41) is 10.1. The molecule has 1 aliphatic carbocycles. The second-order valence-electron chi connectivity index (χ2n) is 12.5. The molecule has 0 aromatic heterocycles. The number of carbonyl (C=O) groups is 1. The van der Waals surface area contributed by atoms with E-state index in [0.717, 1.165) is 94.2 Å². The molecule has 2 saturated heterocycles. The van der Waals surface area contributed by atoms with Crippen molar-refractivity contribution in [3.8, 4) is 0 Å². The van der Waals surface area contributed by atoms with Crippen LogP contribution in [-0.2, 0) is 11.2 Å². The van der Waals surface area contributed by atoms with Crippen molar-refractivity contribution in [2.75, 3.05) is 32.7 Å². The van der Waals surface area contributed by atoms with Crippen LogP contribution in [0.4, 0.5) is 8.78 Å². The lowest BCUT2D eigenvalue weighted by atomic mass is 9.80. The van der Waals surface area contributed by atoms with Gasteiger partial charge in [-0.2, -0.15) is 0 Å². The van der Waals surface area contributed by atoms with Crippen molar-refractivity contribution in [1.29, 1.82) is 0 Å². The fraction of sp³-hybridized carbons (Fsp3) is 0.606. The monoisotopic (exact) mass is 538 g/mol. The highest BCUT2D eigenvalue weighted by Gasteiger charge is 2.41. The summed E-state index contributed by atoms with van der Waals surface area (Å²) >= 11 is 0. The number of carboxylic acid groups (broad SMARTS) is 1. The maximum Gasteiger partial charge on any atom is 0.320 e. The van der Waals surface area contributed by atoms with Crippen LogP contribution in [0.15, 0.2) is 42.5 Å². The predicted octanol–water partition coefficient (Wildman–Crippen LogP) is 6.67. The first-order valence-electron chi connectivity index (χ1n) is 15.1. The van der Waals surface area contributed by atoms with Crippen LogP contribution in [0.25, 0.3) is 0 Å². The molecule has 4 nitrogen and oxygen atoms in total. The molecule has 0 spiro atoms. The van der Waals surface area contributed by atoms with Gasteiger partial charge in [0.2, 0.25) is 0 Å². The molecule has 2 heterocycles. The van der Waals surface area contributed by atoms with Crippen LogP contribution in [0.1, 0.15) is 74.0 Å². The number of rotatable bonds is 11. The van der Waals surface area contributed by atoms with Crippen molar-refractivity contribution in [3.05, 3.63) is 70.8 Å². The van der Waals surface area contributed by atoms with Crippen molar-refractivity contribution < 1.29 is 18.7 Å². The number of aryl methyl sites for hydroxylation is 2. The van der Waals surface area contributed by atoms with Gasteiger partial charge in [0.15, 0.2) is 0 Å². The van der Waals surface area contributed by atoms with Crippen LogP contribution in [-0.4, -0.2) is 59.6 Å². The van der Waals surface area contributed by atoms with Gasteiger partial charge < -0.3 is 10.0 Å². The fourth-order valence-corrected chi connectivity index (χ4v) is 7.13. The summed E-state index contributed by atoms with van der Waals surface area (Å²) in [5.41, 5.74) is 2.78. The van der Waals surface area contributed by atoms with Crippen LogP contribution in [0.5, 0.6) is 0 Å². The Balaban J connectivity index is 1.16. The number of hydrogen-bond donors (Lipinski definition) is 1. The highest BCUT2D eigenvalue weighted by molar-refractivity contribution is 5.73. The number of halogens is 2. The number of carboxylic acids is 1. The van der Waals surface area contributed by atoms with Gasteiger partial charge in [-0.05, 0) is 105 Å². The second kappa shape index (κ2) is 12.9. The molecule has 0 radical (unpaired) electrons. The first-order chi connectivity index (χ1) is 18.9. The Morgan fingerprint density at radius 1 is 1.03 bits per heavy atom. The van der Waals surface area contributed by atoms with Crippen molar-refractivity contribution in [1.82, 2.24) is 9.80 Å². The first kappa shape index (κ1) is 28.2. The van der Waals surface area contributed by atoms with Gasteiger partial charge in [0.25, 0.3) is 0 Å². The number of hydrogen-bond acceptors (Lipinski definition) is 3. The molecule has 5 rings (SSSR count). The van der Waals surface area contributed by atoms with E-state index in [1.807, 2.05) is 25.1 Å². The Hall–Kier alpha value is -2.31. The minimum Gasteiger partial charge on any atom is -0.480 e. The lowest BCUT2D eigenvalue weighted by Gasteiger charge is -2.35. The number of aliphatic carboxylic acids is 1. The van der Waals surface area contributed by atoms with E-state index < -0.39 is 12.0 Å². The SMILES string of the molecule is Cc1ccc(CCCC2CCN(CC3CN(C(CC4CCC4)C(=O)O)CC3c3cccc(F)c3)CC2)c(F)c1. The van der Waals surface area contributed by atoms with Gasteiger partial charge >= 0.3 is 5.97 Å². The summed E-state index contributed by atoms with van der Waals surface area (Å²) in [4.78, 5) is 17.0. The normalized spacial score (nSPS) is 24.1. The number of likely N-dealkylation sites (tertiary alicyclic amines) is 2. The van der Waals surface area contributed by atoms with Gasteiger partial charge in [0, 0.05) is 25.6 Å². The van der Waals surface area contributed by atoms with E-state index in [1.54, 1.807) is 18.2 Å². The highest BCUT2D eigenvalue weighted by Crippen LogP contribution is 2.38. The Labute approximate surface area is 232 Å². The molecule has 3 atom stereocenters. The summed E-state index contributed by atoms with van der Waals surface area (Å²) in [7, 11) is 0. The average Bonchev–Trinajstić information content (AvgIpc) is 3.28. The number of nitrogens with zero attached hydrogens (tertiary/aromatic N) is 2. The highest BCUT2D eigenvalue weighted by atomic mass is 19.1. The van der Waals surface area contributed by atoms with E-state index in [2.05, 4.69) is 9.80 Å². The minimum atomic E-state index is -0.716. The van der Waals surface area contributed by atoms with Gasteiger partial charge in [-0.3, -0.25) is 9.69 Å². The molecule has 0 bridgehead atoms. The van der Waals surface area contributed by atoms with Crippen LogP contribution in [0.3, 0.4) is 0 Å². The topological polar surface area (TPSA) is 43.8 Å². The van der Waals surface area contributed by atoms with E-state index in [-0.39, 0.29) is 23.5 Å². The Morgan fingerprint density at radius 2 is 1.82 bits per heavy atom. The average molecular weight is 539 g/mol. The molecule has 2 aromatic rings. The zero-order valence-corrected chi connectivity index (χ0v) is 23.3. The molecular weight excluding hydrogens is 494 g/mol. The van der Waals surface area contributed by atoms with E-state index in [9.17, 15) is 18.7 Å². The van der Waals surface area contributed by atoms with E-state index in [0.29, 0.717) is 18.4 Å². The zero-order chi connectivity index (χ0) is 27.4. The molecule has 1 saturated carbocycles. The third-order valence-electron chi connectivity index (χ3n) is 9.72. The van der Waals surface area contributed by atoms with Gasteiger partial charge in [0.1, 0.15) is 17.7 Å². The van der Waals surface area contributed by atoms with E-state index in [1.165, 1.54) is 12.5 Å². The van der Waals surface area contributed by atoms with Crippen molar-refractivity contribution in [2.24, 2.45) is 17.8 Å². The van der Waals surface area contributed by atoms with Gasteiger partial charge in [-0.15, -0.1) is 0 Å². The Kier molecular flexibility index (Phi) is 9.34. The molecule has 3 unspecified atom stereocenters. The van der Waals surface area contributed by atoms with E-state index >= 15 is 0 Å². The van der Waals surface area contributed by atoms with Crippen LogP contribution in [0.2, 0.25) is 0 Å². The molecule has 212 valence electrons. The summed E-state index contributed by atoms with van der Waals surface area (Å²) in [6.45, 7) is 6.37. The molecule has 1 N–H and O–H groups in total. The van der Waals surface area contributed by atoms with Crippen LogP contribution < -0.4 is 0 Å². The summed E-state index contributed by atoms with van der Waals surface area (Å²) in [5.74, 6) is 0.613. The van der Waals surface area contributed by atoms with Gasteiger partial charge in [0.05, 0.1) is 0 Å². The predicted molar refractivity (Wildman–Crippen MR) is 151 cm³/mol. The van der Waals surface area contributed by atoms with Crippen molar-refractivity contribution in [3.63, 3.8) is 0 Å². The largest absolute Gasteiger partial charge is 0.480 e. The standard InChI is InChI=1S/C33H44F2N2O2/c1-23-11-12-26(31(35)17-23)8-3-5-24-13-15-36(16-14-24)20-28-21-37(32(33(38)39)18-25-6-2-7-25)22-30(28)27-9-4-10-29(34)19-27/h4,9-12,17,19,24-25,28,30,32H,2-3,5-8,13-16,18,20-22H2,1H3,(H,38,39). The lowest BCUT2D eigenvalue weighted by molar-refractivity contribution is -0.144. The maximum atomic E-state index is 14.2. The molecule has 0 amide bonds. The van der Waals surface area contributed by atoms with Gasteiger partial charge in [-0.25, -0.2) is 8.78 Å². The molecule has 39 heavy (non-hydrogen) atoms. The quantitative estimate of drug-likeness (QED) is 0.347. The van der Waals surface area contributed by atoms with Crippen molar-refractivity contribution in [2.45, 2.75) is 76.7 Å². The molecule has 6 heteroatoms. The fourth-order valence-electron chi connectivity index (χ4n) is 7.13. The third kappa shape index (κ3) is 7.26. The molecule has 3 aliphatic rings. The number of piperidine rings is 1. The lowest BCUT2D eigenvalue weighted by Crippen LogP contribution is -2.43. The molecular formula is C33H44F2N2O2. The van der Waals surface area contributed by atoms with E-state index in [4.69, 9.17) is 0 Å². The zero-order valence-electron chi connectivity index (χ0n) is 23.3. The Morgan fingerprint density at radius 3 is 2.49 bits per heavy atom. The second-order valence-corrected chi connectivity index (χ2v) is 12.5. The molecule has 2 aliphatic heterocycles. The Bertz CT molecular complexity index is 1110. The van der Waals surface area contributed by atoms with Gasteiger partial charge in [-0.1, -0.05) is 49.9 Å². The van der Waals surface area contributed by atoms with Crippen LogP contribution >= 0.6 is 0 Å². The summed E-state index contributed by atoms with van der Waals surface area (Å²) in [6.07, 6.45) is 9.47. The van der Waals surface area contributed by atoms with Crippen molar-refractivity contribution >= 4 is 5.97 Å². The first-order valence-corrected chi connectivity index (χ1v) is 15.1. The smallest absolute Gasteiger partial charge is 0.320 e. The maximum absolute atomic E-state index is 14.2. The molecule has 3 fully saturated rings. The summed E-state index contributed by atoms with van der Waals surface area (Å²) in [6, 6.07) is 12.0. The van der Waals surface area contributed by atoms with Crippen LogP contribution in [0, 0.1) is 36.3 Å². The molecule has 2 aromatic carbocycles.